The number of nitrogens with zero attached hydrogens (tertiary/aromatic N) is 2. The molecule has 100 valence electrons. The predicted octanol–water partition coefficient (Wildman–Crippen LogP) is 1.86. The van der Waals surface area contributed by atoms with Gasteiger partial charge in [0.15, 0.2) is 0 Å². The Bertz CT molecular complexity index is 390. The first kappa shape index (κ1) is 14.9. The molecular formula is C13H22N4S. The summed E-state index contributed by atoms with van der Waals surface area (Å²) < 4.78 is 0. The summed E-state index contributed by atoms with van der Waals surface area (Å²) in [5.74, 6) is 0.768. The van der Waals surface area contributed by atoms with Gasteiger partial charge in [0.05, 0.1) is 5.56 Å². The Hall–Kier alpha value is -1.20. The van der Waals surface area contributed by atoms with Crippen molar-refractivity contribution in [3.63, 3.8) is 0 Å². The standard InChI is InChI=1S/C13H22N4S/c1-4-17(5-2)9-10(3)16-13-11(12(14)18)7-6-8-15-13/h6-8,10H,4-5,9H2,1-3H3,(H2,14,18)(H,15,16). The number of nitrogens with one attached hydrogen (secondary N) is 1. The molecule has 1 rings (SSSR count). The van der Waals surface area contributed by atoms with Crippen molar-refractivity contribution in [2.45, 2.75) is 26.8 Å². The summed E-state index contributed by atoms with van der Waals surface area (Å²) in [5.41, 5.74) is 6.49. The molecule has 0 spiro atoms. The van der Waals surface area contributed by atoms with Crippen molar-refractivity contribution in [3.8, 4) is 0 Å². The lowest BCUT2D eigenvalue weighted by atomic mass is 10.2. The highest BCUT2D eigenvalue weighted by Gasteiger charge is 2.11. The van der Waals surface area contributed by atoms with Gasteiger partial charge in [0.25, 0.3) is 0 Å². The Kier molecular flexibility index (Phi) is 6.01. The van der Waals surface area contributed by atoms with Gasteiger partial charge >= 0.3 is 0 Å². The van der Waals surface area contributed by atoms with Crippen LogP contribution in [0.5, 0.6) is 0 Å². The summed E-state index contributed by atoms with van der Waals surface area (Å²) in [6.45, 7) is 9.53. The van der Waals surface area contributed by atoms with Crippen LogP contribution in [-0.4, -0.2) is 40.5 Å². The third-order valence-electron chi connectivity index (χ3n) is 2.88. The number of anilines is 1. The zero-order chi connectivity index (χ0) is 13.5. The molecule has 5 heteroatoms. The zero-order valence-electron chi connectivity index (χ0n) is 11.3. The number of aromatic nitrogens is 1. The van der Waals surface area contributed by atoms with Gasteiger partial charge < -0.3 is 16.0 Å². The van der Waals surface area contributed by atoms with Gasteiger partial charge in [-0.1, -0.05) is 26.1 Å². The SMILES string of the molecule is CCN(CC)CC(C)Nc1ncccc1C(N)=S. The monoisotopic (exact) mass is 266 g/mol. The minimum absolute atomic E-state index is 0.299. The molecule has 3 N–H and O–H groups in total. The Morgan fingerprint density at radius 3 is 2.72 bits per heavy atom. The van der Waals surface area contributed by atoms with Crippen molar-refractivity contribution in [1.29, 1.82) is 0 Å². The molecule has 1 aromatic heterocycles. The van der Waals surface area contributed by atoms with E-state index in [0.717, 1.165) is 31.0 Å². The summed E-state index contributed by atoms with van der Waals surface area (Å²) in [5, 5.41) is 3.37. The van der Waals surface area contributed by atoms with Crippen LogP contribution < -0.4 is 11.1 Å². The molecule has 4 nitrogen and oxygen atoms in total. The number of hydrogen-bond donors (Lipinski definition) is 2. The van der Waals surface area contributed by atoms with Crippen molar-refractivity contribution < 1.29 is 0 Å². The minimum Gasteiger partial charge on any atom is -0.389 e. The Morgan fingerprint density at radius 2 is 2.17 bits per heavy atom. The summed E-state index contributed by atoms with van der Waals surface area (Å²) in [6, 6.07) is 4.03. The topological polar surface area (TPSA) is 54.2 Å². The van der Waals surface area contributed by atoms with Crippen LogP contribution in [0.15, 0.2) is 18.3 Å². The van der Waals surface area contributed by atoms with Gasteiger partial charge in [-0.15, -0.1) is 0 Å². The lowest BCUT2D eigenvalue weighted by Gasteiger charge is -2.24. The summed E-state index contributed by atoms with van der Waals surface area (Å²) >= 11 is 5.02. The van der Waals surface area contributed by atoms with E-state index in [1.54, 1.807) is 6.20 Å². The molecule has 1 heterocycles. The van der Waals surface area contributed by atoms with Crippen LogP contribution in [0.25, 0.3) is 0 Å². The van der Waals surface area contributed by atoms with Crippen molar-refractivity contribution in [3.05, 3.63) is 23.9 Å². The van der Waals surface area contributed by atoms with Gasteiger partial charge in [-0.2, -0.15) is 0 Å². The summed E-state index contributed by atoms with van der Waals surface area (Å²) in [7, 11) is 0. The molecule has 0 fully saturated rings. The van der Waals surface area contributed by atoms with Crippen LogP contribution in [0.4, 0.5) is 5.82 Å². The van der Waals surface area contributed by atoms with Crippen LogP contribution >= 0.6 is 12.2 Å². The van der Waals surface area contributed by atoms with E-state index in [1.807, 2.05) is 12.1 Å². The normalized spacial score (nSPS) is 12.4. The lowest BCUT2D eigenvalue weighted by Crippen LogP contribution is -2.35. The molecule has 0 aliphatic heterocycles. The van der Waals surface area contributed by atoms with E-state index in [1.165, 1.54) is 0 Å². The highest BCUT2D eigenvalue weighted by Crippen LogP contribution is 2.12. The molecular weight excluding hydrogens is 244 g/mol. The molecule has 0 aliphatic rings. The fraction of sp³-hybridized carbons (Fsp3) is 0.538. The molecule has 0 aromatic carbocycles. The van der Waals surface area contributed by atoms with Gasteiger partial charge in [0.2, 0.25) is 0 Å². The van der Waals surface area contributed by atoms with Crippen LogP contribution in [0.3, 0.4) is 0 Å². The maximum Gasteiger partial charge on any atom is 0.136 e. The number of pyridine rings is 1. The number of nitrogens with two attached hydrogens (primary N) is 1. The largest absolute Gasteiger partial charge is 0.389 e. The molecule has 0 bridgehead atoms. The van der Waals surface area contributed by atoms with E-state index < -0.39 is 0 Å². The molecule has 1 atom stereocenters. The van der Waals surface area contributed by atoms with E-state index in [4.69, 9.17) is 18.0 Å². The fourth-order valence-electron chi connectivity index (χ4n) is 1.87. The van der Waals surface area contributed by atoms with E-state index in [9.17, 15) is 0 Å². The average Bonchev–Trinajstić information content (AvgIpc) is 2.36. The smallest absolute Gasteiger partial charge is 0.136 e. The molecule has 0 aliphatic carbocycles. The first-order valence-corrected chi connectivity index (χ1v) is 6.73. The molecule has 0 radical (unpaired) electrons. The average molecular weight is 266 g/mol. The number of hydrogen-bond acceptors (Lipinski definition) is 4. The second-order valence-electron chi connectivity index (χ2n) is 4.30. The Morgan fingerprint density at radius 1 is 1.50 bits per heavy atom. The van der Waals surface area contributed by atoms with Crippen molar-refractivity contribution in [2.75, 3.05) is 25.0 Å². The highest BCUT2D eigenvalue weighted by molar-refractivity contribution is 7.80. The number of rotatable bonds is 7. The minimum atomic E-state index is 0.299. The number of thiocarbonyl (C=S) groups is 1. The van der Waals surface area contributed by atoms with Crippen molar-refractivity contribution in [1.82, 2.24) is 9.88 Å². The zero-order valence-corrected chi connectivity index (χ0v) is 12.1. The van der Waals surface area contributed by atoms with E-state index in [0.29, 0.717) is 11.0 Å². The van der Waals surface area contributed by atoms with Gasteiger partial charge in [-0.3, -0.25) is 0 Å². The second-order valence-corrected chi connectivity index (χ2v) is 4.73. The third kappa shape index (κ3) is 4.23. The first-order valence-electron chi connectivity index (χ1n) is 6.32. The molecule has 18 heavy (non-hydrogen) atoms. The number of likely N-dealkylation sites (N-methyl/N-ethyl adjacent to an activating group) is 1. The molecule has 1 unspecified atom stereocenters. The van der Waals surface area contributed by atoms with E-state index in [-0.39, 0.29) is 0 Å². The molecule has 1 aromatic rings. The van der Waals surface area contributed by atoms with Gasteiger partial charge in [0.1, 0.15) is 10.8 Å². The first-order chi connectivity index (χ1) is 8.58. The van der Waals surface area contributed by atoms with Gasteiger partial charge in [-0.25, -0.2) is 4.98 Å². The Balaban J connectivity index is 2.69. The Labute approximate surface area is 115 Å². The van der Waals surface area contributed by atoms with E-state index >= 15 is 0 Å². The third-order valence-corrected chi connectivity index (χ3v) is 3.10. The van der Waals surface area contributed by atoms with E-state index in [2.05, 4.69) is 36.0 Å². The maximum absolute atomic E-state index is 5.68. The lowest BCUT2D eigenvalue weighted by molar-refractivity contribution is 0.294. The molecule has 0 saturated heterocycles. The van der Waals surface area contributed by atoms with Crippen LogP contribution in [-0.2, 0) is 0 Å². The summed E-state index contributed by atoms with van der Waals surface area (Å²) in [6.07, 6.45) is 1.74. The van der Waals surface area contributed by atoms with Crippen molar-refractivity contribution >= 4 is 23.0 Å². The highest BCUT2D eigenvalue weighted by atomic mass is 32.1. The molecule has 0 amide bonds. The predicted molar refractivity (Wildman–Crippen MR) is 81.0 cm³/mol. The summed E-state index contributed by atoms with van der Waals surface area (Å²) in [4.78, 5) is 7.04. The van der Waals surface area contributed by atoms with Gasteiger partial charge in [0, 0.05) is 18.8 Å². The quantitative estimate of drug-likeness (QED) is 0.738. The van der Waals surface area contributed by atoms with Crippen LogP contribution in [0.2, 0.25) is 0 Å². The molecule has 0 saturated carbocycles. The maximum atomic E-state index is 5.68. The second kappa shape index (κ2) is 7.28. The van der Waals surface area contributed by atoms with Crippen LogP contribution in [0.1, 0.15) is 26.3 Å². The van der Waals surface area contributed by atoms with Crippen LogP contribution in [0, 0.1) is 0 Å². The van der Waals surface area contributed by atoms with Crippen molar-refractivity contribution in [2.24, 2.45) is 5.73 Å². The van der Waals surface area contributed by atoms with Gasteiger partial charge in [-0.05, 0) is 32.1 Å². The fourth-order valence-corrected chi connectivity index (χ4v) is 2.03.